The molecule has 6 heteroatoms. The number of hydrogen-bond acceptors (Lipinski definition) is 5. The van der Waals surface area contributed by atoms with E-state index in [0.29, 0.717) is 17.5 Å². The molecule has 0 amide bonds. The minimum absolute atomic E-state index is 0.142. The quantitative estimate of drug-likeness (QED) is 0.823. The summed E-state index contributed by atoms with van der Waals surface area (Å²) in [5, 5.41) is 3.73. The molecule has 1 aromatic carbocycles. The van der Waals surface area contributed by atoms with E-state index in [-0.39, 0.29) is 18.2 Å². The number of benzene rings is 1. The number of rotatable bonds is 5. The zero-order valence-corrected chi connectivity index (χ0v) is 14.7. The van der Waals surface area contributed by atoms with Crippen LogP contribution >= 0.6 is 11.6 Å². The fourth-order valence-electron chi connectivity index (χ4n) is 2.91. The number of aromatic nitrogens is 2. The number of nitrogens with zero attached hydrogens (tertiary/aromatic N) is 2. The van der Waals surface area contributed by atoms with Gasteiger partial charge in [0.2, 0.25) is 0 Å². The second kappa shape index (κ2) is 7.81. The Balaban J connectivity index is 1.63. The van der Waals surface area contributed by atoms with Crippen LogP contribution in [0, 0.1) is 6.92 Å². The molecule has 1 fully saturated rings. The largest absolute Gasteiger partial charge is 0.467 e. The molecule has 24 heavy (non-hydrogen) atoms. The minimum Gasteiger partial charge on any atom is -0.467 e. The van der Waals surface area contributed by atoms with Crippen molar-refractivity contribution in [3.63, 3.8) is 0 Å². The van der Waals surface area contributed by atoms with Crippen LogP contribution in [0.4, 0.5) is 5.82 Å². The standard InChI is InChI=1S/C18H22ClN3O2/c1-12-16(19)21-18(23-2)22-17(12)20-11-14-9-6-10-15(24-14)13-7-4-3-5-8-13/h3-5,7-8,14-15H,6,9-11H2,1-2H3,(H,20,21,22)/t14-,15+/m1/s1. The van der Waals surface area contributed by atoms with Crippen LogP contribution in [-0.2, 0) is 4.74 Å². The Kier molecular flexibility index (Phi) is 5.53. The van der Waals surface area contributed by atoms with Crippen LogP contribution < -0.4 is 10.1 Å². The Hall–Kier alpha value is -1.85. The Morgan fingerprint density at radius 1 is 1.25 bits per heavy atom. The summed E-state index contributed by atoms with van der Waals surface area (Å²) in [5.74, 6) is 0.692. The van der Waals surface area contributed by atoms with Gasteiger partial charge < -0.3 is 14.8 Å². The summed E-state index contributed by atoms with van der Waals surface area (Å²) in [7, 11) is 1.53. The third-order valence-corrected chi connectivity index (χ3v) is 4.63. The van der Waals surface area contributed by atoms with Gasteiger partial charge in [-0.05, 0) is 31.7 Å². The van der Waals surface area contributed by atoms with Crippen molar-refractivity contribution in [1.29, 1.82) is 0 Å². The van der Waals surface area contributed by atoms with E-state index in [1.165, 1.54) is 12.7 Å². The van der Waals surface area contributed by atoms with Gasteiger partial charge in [0, 0.05) is 12.1 Å². The van der Waals surface area contributed by atoms with Gasteiger partial charge in [-0.15, -0.1) is 0 Å². The monoisotopic (exact) mass is 347 g/mol. The molecule has 0 saturated carbocycles. The van der Waals surface area contributed by atoms with Crippen LogP contribution in [0.25, 0.3) is 0 Å². The van der Waals surface area contributed by atoms with Gasteiger partial charge in [0.25, 0.3) is 0 Å². The lowest BCUT2D eigenvalue weighted by Gasteiger charge is -2.30. The molecule has 5 nitrogen and oxygen atoms in total. The average molecular weight is 348 g/mol. The molecule has 0 radical (unpaired) electrons. The SMILES string of the molecule is COc1nc(Cl)c(C)c(NC[C@H]2CCC[C@@H](c3ccccc3)O2)n1. The van der Waals surface area contributed by atoms with Crippen LogP contribution in [0.2, 0.25) is 5.15 Å². The smallest absolute Gasteiger partial charge is 0.319 e. The summed E-state index contributed by atoms with van der Waals surface area (Å²) < 4.78 is 11.3. The maximum Gasteiger partial charge on any atom is 0.319 e. The second-order valence-corrected chi connectivity index (χ2v) is 6.30. The summed E-state index contributed by atoms with van der Waals surface area (Å²) in [6, 6.07) is 10.7. The fourth-order valence-corrected chi connectivity index (χ4v) is 3.07. The second-order valence-electron chi connectivity index (χ2n) is 5.94. The number of nitrogens with one attached hydrogen (secondary N) is 1. The molecule has 0 spiro atoms. The first-order valence-electron chi connectivity index (χ1n) is 8.19. The van der Waals surface area contributed by atoms with E-state index in [1.54, 1.807) is 0 Å². The Bertz CT molecular complexity index is 681. The molecule has 1 N–H and O–H groups in total. The molecule has 128 valence electrons. The fraction of sp³-hybridized carbons (Fsp3) is 0.444. The molecule has 1 aromatic heterocycles. The van der Waals surface area contributed by atoms with Crippen LogP contribution in [0.5, 0.6) is 6.01 Å². The Morgan fingerprint density at radius 3 is 2.79 bits per heavy atom. The molecule has 1 aliphatic rings. The molecule has 2 atom stereocenters. The predicted molar refractivity (Wildman–Crippen MR) is 94.7 cm³/mol. The van der Waals surface area contributed by atoms with E-state index in [1.807, 2.05) is 13.0 Å². The van der Waals surface area contributed by atoms with E-state index in [9.17, 15) is 0 Å². The predicted octanol–water partition coefficient (Wildman–Crippen LogP) is 4.17. The van der Waals surface area contributed by atoms with E-state index in [0.717, 1.165) is 24.8 Å². The molecule has 0 bridgehead atoms. The van der Waals surface area contributed by atoms with Crippen molar-refractivity contribution < 1.29 is 9.47 Å². The summed E-state index contributed by atoms with van der Waals surface area (Å²) in [6.07, 6.45) is 3.55. The third kappa shape index (κ3) is 3.97. The topological polar surface area (TPSA) is 56.3 Å². The van der Waals surface area contributed by atoms with Crippen molar-refractivity contribution >= 4 is 17.4 Å². The molecule has 0 aliphatic carbocycles. The highest BCUT2D eigenvalue weighted by Crippen LogP contribution is 2.31. The van der Waals surface area contributed by atoms with E-state index in [4.69, 9.17) is 21.1 Å². The summed E-state index contributed by atoms with van der Waals surface area (Å²) in [4.78, 5) is 8.39. The highest BCUT2D eigenvalue weighted by Gasteiger charge is 2.24. The first-order chi connectivity index (χ1) is 11.7. The van der Waals surface area contributed by atoms with Crippen molar-refractivity contribution in [2.24, 2.45) is 0 Å². The zero-order valence-electron chi connectivity index (χ0n) is 14.0. The number of anilines is 1. The maximum atomic E-state index is 6.25. The van der Waals surface area contributed by atoms with Crippen molar-refractivity contribution in [3.05, 3.63) is 46.6 Å². The first-order valence-corrected chi connectivity index (χ1v) is 8.57. The van der Waals surface area contributed by atoms with Crippen molar-refractivity contribution in [2.45, 2.75) is 38.4 Å². The number of ether oxygens (including phenoxy) is 2. The van der Waals surface area contributed by atoms with E-state index in [2.05, 4.69) is 39.6 Å². The lowest BCUT2D eigenvalue weighted by molar-refractivity contribution is -0.0442. The van der Waals surface area contributed by atoms with Crippen molar-refractivity contribution in [2.75, 3.05) is 19.0 Å². The van der Waals surface area contributed by atoms with Gasteiger partial charge in [0.05, 0.1) is 19.3 Å². The molecule has 0 unspecified atom stereocenters. The van der Waals surface area contributed by atoms with Crippen molar-refractivity contribution in [1.82, 2.24) is 9.97 Å². The van der Waals surface area contributed by atoms with Crippen LogP contribution in [0.3, 0.4) is 0 Å². The van der Waals surface area contributed by atoms with Gasteiger partial charge >= 0.3 is 6.01 Å². The van der Waals surface area contributed by atoms with Gasteiger partial charge in [-0.25, -0.2) is 0 Å². The molecular formula is C18H22ClN3O2. The number of hydrogen-bond donors (Lipinski definition) is 1. The molecule has 1 saturated heterocycles. The summed E-state index contributed by atoms with van der Waals surface area (Å²) >= 11 is 6.12. The highest BCUT2D eigenvalue weighted by atomic mass is 35.5. The lowest BCUT2D eigenvalue weighted by atomic mass is 9.98. The van der Waals surface area contributed by atoms with Crippen molar-refractivity contribution in [3.8, 4) is 6.01 Å². The molecular weight excluding hydrogens is 326 g/mol. The van der Waals surface area contributed by atoms with Crippen LogP contribution in [0.15, 0.2) is 30.3 Å². The van der Waals surface area contributed by atoms with Crippen LogP contribution in [0.1, 0.15) is 36.5 Å². The van der Waals surface area contributed by atoms with E-state index >= 15 is 0 Å². The zero-order chi connectivity index (χ0) is 16.9. The lowest BCUT2D eigenvalue weighted by Crippen LogP contribution is -2.29. The van der Waals surface area contributed by atoms with Crippen LogP contribution in [-0.4, -0.2) is 29.7 Å². The van der Waals surface area contributed by atoms with Gasteiger partial charge in [-0.1, -0.05) is 41.9 Å². The van der Waals surface area contributed by atoms with Gasteiger partial charge in [-0.2, -0.15) is 9.97 Å². The maximum absolute atomic E-state index is 6.25. The molecule has 2 heterocycles. The summed E-state index contributed by atoms with van der Waals surface area (Å²) in [6.45, 7) is 2.57. The Labute approximate surface area is 147 Å². The van der Waals surface area contributed by atoms with Gasteiger partial charge in [0.1, 0.15) is 11.0 Å². The molecule has 3 rings (SSSR count). The number of methoxy groups -OCH3 is 1. The third-order valence-electron chi connectivity index (χ3n) is 4.27. The molecule has 2 aromatic rings. The first kappa shape index (κ1) is 17.0. The van der Waals surface area contributed by atoms with E-state index < -0.39 is 0 Å². The highest BCUT2D eigenvalue weighted by molar-refractivity contribution is 6.30. The average Bonchev–Trinajstić information content (AvgIpc) is 2.63. The summed E-state index contributed by atoms with van der Waals surface area (Å²) in [5.41, 5.74) is 2.05. The number of halogens is 1. The normalized spacial score (nSPS) is 20.6. The van der Waals surface area contributed by atoms with Gasteiger partial charge in [-0.3, -0.25) is 0 Å². The molecule has 1 aliphatic heterocycles. The Morgan fingerprint density at radius 2 is 2.04 bits per heavy atom. The minimum atomic E-state index is 0.142. The van der Waals surface area contributed by atoms with Gasteiger partial charge in [0.15, 0.2) is 0 Å².